The number of allylic oxidation sites excluding steroid dienone is 2. The molecular formula is C30H41N7O. The zero-order valence-electron chi connectivity index (χ0n) is 22.8. The van der Waals surface area contributed by atoms with E-state index in [0.29, 0.717) is 18.3 Å². The molecule has 38 heavy (non-hydrogen) atoms. The summed E-state index contributed by atoms with van der Waals surface area (Å²) < 4.78 is 0. The van der Waals surface area contributed by atoms with E-state index in [9.17, 15) is 0 Å². The second-order valence-electron chi connectivity index (χ2n) is 9.30. The molecule has 1 atom stereocenters. The Labute approximate surface area is 226 Å². The Morgan fingerprint density at radius 3 is 2.74 bits per heavy atom. The first kappa shape index (κ1) is 28.8. The number of phenols is 1. The molecule has 2 aromatic rings. The van der Waals surface area contributed by atoms with Crippen molar-refractivity contribution < 1.29 is 5.11 Å². The van der Waals surface area contributed by atoms with Gasteiger partial charge in [-0.05, 0) is 63.1 Å². The molecule has 1 aromatic heterocycles. The number of aromatic nitrogens is 2. The van der Waals surface area contributed by atoms with E-state index in [1.807, 2.05) is 55.4 Å². The van der Waals surface area contributed by atoms with Crippen LogP contribution in [0.25, 0.3) is 17.7 Å². The van der Waals surface area contributed by atoms with Crippen LogP contribution in [0.4, 0.5) is 0 Å². The highest BCUT2D eigenvalue weighted by atomic mass is 16.3. The third kappa shape index (κ3) is 8.14. The Kier molecular flexibility index (Phi) is 11.3. The second kappa shape index (κ2) is 14.9. The number of aliphatic imine (C=N–C) groups is 1. The number of rotatable bonds is 8. The van der Waals surface area contributed by atoms with Crippen LogP contribution in [0.15, 0.2) is 72.4 Å². The molecule has 0 radical (unpaired) electrons. The number of para-hydroxylation sites is 1. The van der Waals surface area contributed by atoms with Crippen molar-refractivity contribution in [2.24, 2.45) is 4.99 Å². The minimum atomic E-state index is 0.368. The normalized spacial score (nSPS) is 18.9. The minimum absolute atomic E-state index is 0.368. The van der Waals surface area contributed by atoms with E-state index in [1.54, 1.807) is 12.3 Å². The first-order valence-corrected chi connectivity index (χ1v) is 13.1. The number of benzene rings is 1. The van der Waals surface area contributed by atoms with Crippen molar-refractivity contribution >= 4 is 23.6 Å². The standard InChI is InChI=1S/C23H33N7.C7H8O/c1-5-21-20(14-17(3)15-27-19-8-7-12-25-16-19)23(29-28-21)18-9-10-22(26-6-2)30(24-4)13-11-18;1-6-4-2-3-5-7(6)8/h5-6,9-11,14,19,24-25,27H,1-2,7-8,12-13,15-16H2,3-4H3,(H,28,29);2-5,8H,1H3/b17-14+,26-22?;. The van der Waals surface area contributed by atoms with Gasteiger partial charge in [0.1, 0.15) is 11.6 Å². The van der Waals surface area contributed by atoms with Crippen LogP contribution in [-0.2, 0) is 0 Å². The Hall–Kier alpha value is -3.72. The van der Waals surface area contributed by atoms with E-state index < -0.39 is 0 Å². The number of aryl methyl sites for hydroxylation is 1. The average Bonchev–Trinajstić information content (AvgIpc) is 3.22. The molecule has 1 unspecified atom stereocenters. The summed E-state index contributed by atoms with van der Waals surface area (Å²) in [6.45, 7) is 15.4. The lowest BCUT2D eigenvalue weighted by Crippen LogP contribution is -2.43. The lowest BCUT2D eigenvalue weighted by atomic mass is 10.0. The molecule has 3 heterocycles. The second-order valence-corrected chi connectivity index (χ2v) is 9.30. The van der Waals surface area contributed by atoms with Crippen LogP contribution in [0.1, 0.15) is 42.3 Å². The van der Waals surface area contributed by atoms with Gasteiger partial charge in [-0.1, -0.05) is 49.1 Å². The summed E-state index contributed by atoms with van der Waals surface area (Å²) in [7, 11) is 1.88. The van der Waals surface area contributed by atoms with Crippen LogP contribution in [0.2, 0.25) is 0 Å². The fourth-order valence-electron chi connectivity index (χ4n) is 4.27. The van der Waals surface area contributed by atoms with Gasteiger partial charge in [0.15, 0.2) is 0 Å². The van der Waals surface area contributed by atoms with Gasteiger partial charge in [0, 0.05) is 43.5 Å². The van der Waals surface area contributed by atoms with Crippen molar-refractivity contribution in [3.05, 3.63) is 89.9 Å². The number of nitrogens with zero attached hydrogens (tertiary/aromatic N) is 3. The number of amidine groups is 1. The fraction of sp³-hybridized carbons (Fsp3) is 0.333. The molecule has 0 aliphatic carbocycles. The molecule has 0 amide bonds. The van der Waals surface area contributed by atoms with Crippen molar-refractivity contribution in [1.82, 2.24) is 31.3 Å². The predicted octanol–water partition coefficient (Wildman–Crippen LogP) is 4.43. The highest BCUT2D eigenvalue weighted by molar-refractivity contribution is 5.97. The van der Waals surface area contributed by atoms with Crippen molar-refractivity contribution in [2.45, 2.75) is 32.7 Å². The van der Waals surface area contributed by atoms with E-state index in [-0.39, 0.29) is 0 Å². The van der Waals surface area contributed by atoms with E-state index in [4.69, 9.17) is 5.11 Å². The maximum absolute atomic E-state index is 8.92. The van der Waals surface area contributed by atoms with Crippen molar-refractivity contribution in [3.8, 4) is 5.75 Å². The summed E-state index contributed by atoms with van der Waals surface area (Å²) in [6, 6.07) is 7.79. The van der Waals surface area contributed by atoms with E-state index >= 15 is 0 Å². The van der Waals surface area contributed by atoms with Crippen LogP contribution in [0.3, 0.4) is 0 Å². The van der Waals surface area contributed by atoms with Crippen molar-refractivity contribution in [3.63, 3.8) is 0 Å². The van der Waals surface area contributed by atoms with Crippen LogP contribution in [-0.4, -0.2) is 65.4 Å². The van der Waals surface area contributed by atoms with Crippen LogP contribution >= 0.6 is 0 Å². The number of hydrogen-bond donors (Lipinski definition) is 5. The molecule has 4 rings (SSSR count). The highest BCUT2D eigenvalue weighted by Gasteiger charge is 2.17. The number of nitrogens with one attached hydrogen (secondary N) is 4. The number of H-pyrrole nitrogens is 1. The van der Waals surface area contributed by atoms with Gasteiger partial charge < -0.3 is 15.7 Å². The Morgan fingerprint density at radius 2 is 2.11 bits per heavy atom. The summed E-state index contributed by atoms with van der Waals surface area (Å²) in [5.74, 6) is 1.17. The molecule has 202 valence electrons. The van der Waals surface area contributed by atoms with Gasteiger partial charge in [-0.2, -0.15) is 5.10 Å². The Morgan fingerprint density at radius 1 is 1.29 bits per heavy atom. The quantitative estimate of drug-likeness (QED) is 0.357. The highest BCUT2D eigenvalue weighted by Crippen LogP contribution is 2.25. The monoisotopic (exact) mass is 515 g/mol. The van der Waals surface area contributed by atoms with Gasteiger partial charge in [-0.25, -0.2) is 10.4 Å². The number of aromatic amines is 1. The molecule has 1 aromatic carbocycles. The van der Waals surface area contributed by atoms with E-state index in [2.05, 4.69) is 63.5 Å². The number of phenolic OH excluding ortho intramolecular Hbond substituents is 1. The minimum Gasteiger partial charge on any atom is -0.508 e. The molecule has 1 saturated heterocycles. The third-order valence-electron chi connectivity index (χ3n) is 6.46. The lowest BCUT2D eigenvalue weighted by Gasteiger charge is -2.24. The van der Waals surface area contributed by atoms with Gasteiger partial charge in [0.05, 0.1) is 17.9 Å². The maximum Gasteiger partial charge on any atom is 0.142 e. The topological polar surface area (TPSA) is 101 Å². The third-order valence-corrected chi connectivity index (χ3v) is 6.46. The molecule has 0 spiro atoms. The maximum atomic E-state index is 8.92. The number of hydrazine groups is 1. The van der Waals surface area contributed by atoms with Gasteiger partial charge in [0.2, 0.25) is 0 Å². The number of piperidine rings is 1. The van der Waals surface area contributed by atoms with Gasteiger partial charge in [0.25, 0.3) is 0 Å². The zero-order valence-corrected chi connectivity index (χ0v) is 22.8. The first-order chi connectivity index (χ1) is 18.5. The van der Waals surface area contributed by atoms with Crippen LogP contribution in [0.5, 0.6) is 5.75 Å². The SMILES string of the molecule is C=CN=C1C=CC(c2n[nH]c(C=C)c2/C=C(\C)CNC2CCCNC2)=CCN1NC.Cc1ccccc1O. The number of aromatic hydroxyl groups is 1. The van der Waals surface area contributed by atoms with Crippen molar-refractivity contribution in [2.75, 3.05) is 33.2 Å². The summed E-state index contributed by atoms with van der Waals surface area (Å²) >= 11 is 0. The van der Waals surface area contributed by atoms with Gasteiger partial charge in [-0.15, -0.1) is 0 Å². The average molecular weight is 516 g/mol. The molecule has 2 aliphatic heterocycles. The molecule has 2 aliphatic rings. The summed E-state index contributed by atoms with van der Waals surface area (Å²) in [5, 5.41) is 25.7. The predicted molar refractivity (Wildman–Crippen MR) is 160 cm³/mol. The molecule has 5 N–H and O–H groups in total. The Balaban J connectivity index is 0.000000427. The van der Waals surface area contributed by atoms with Crippen molar-refractivity contribution in [1.29, 1.82) is 0 Å². The first-order valence-electron chi connectivity index (χ1n) is 13.1. The van der Waals surface area contributed by atoms with Gasteiger partial charge >= 0.3 is 0 Å². The summed E-state index contributed by atoms with van der Waals surface area (Å²) in [4.78, 5) is 4.34. The van der Waals surface area contributed by atoms with E-state index in [1.165, 1.54) is 18.4 Å². The Bertz CT molecular complexity index is 1180. The lowest BCUT2D eigenvalue weighted by molar-refractivity contribution is 0.376. The molecule has 1 fully saturated rings. The number of hydrogen-bond acceptors (Lipinski definition) is 6. The molecular weight excluding hydrogens is 474 g/mol. The molecule has 0 bridgehead atoms. The van der Waals surface area contributed by atoms with Crippen LogP contribution in [0, 0.1) is 6.92 Å². The molecule has 0 saturated carbocycles. The summed E-state index contributed by atoms with van der Waals surface area (Å²) in [5.41, 5.74) is 9.27. The zero-order chi connectivity index (χ0) is 27.3. The molecule has 8 nitrogen and oxygen atoms in total. The fourth-order valence-corrected chi connectivity index (χ4v) is 4.27. The smallest absolute Gasteiger partial charge is 0.142 e. The molecule has 8 heteroatoms. The summed E-state index contributed by atoms with van der Waals surface area (Å²) in [6.07, 6.45) is 14.2. The van der Waals surface area contributed by atoms with Crippen LogP contribution < -0.4 is 16.1 Å². The largest absolute Gasteiger partial charge is 0.508 e. The van der Waals surface area contributed by atoms with E-state index in [0.717, 1.165) is 53.6 Å². The van der Waals surface area contributed by atoms with Gasteiger partial charge in [-0.3, -0.25) is 10.1 Å².